The average Bonchev–Trinajstić information content (AvgIpc) is 2.57. The van der Waals surface area contributed by atoms with E-state index in [-0.39, 0.29) is 17.9 Å². The molecule has 0 fully saturated rings. The zero-order valence-corrected chi connectivity index (χ0v) is 14.4. The molecule has 1 unspecified atom stereocenters. The molecule has 126 valence electrons. The molecule has 0 aliphatic rings. The van der Waals surface area contributed by atoms with E-state index in [0.29, 0.717) is 17.7 Å². The van der Waals surface area contributed by atoms with Gasteiger partial charge in [0.2, 0.25) is 5.91 Å². The third-order valence-electron chi connectivity index (χ3n) is 4.01. The minimum absolute atomic E-state index is 0.0937. The molecule has 0 aliphatic carbocycles. The maximum absolute atomic E-state index is 12.2. The van der Waals surface area contributed by atoms with Gasteiger partial charge in [-0.3, -0.25) is 9.59 Å². The Morgan fingerprint density at radius 3 is 2.54 bits per heavy atom. The van der Waals surface area contributed by atoms with Crippen molar-refractivity contribution < 1.29 is 9.59 Å². The van der Waals surface area contributed by atoms with Gasteiger partial charge in [0.05, 0.1) is 6.42 Å². The summed E-state index contributed by atoms with van der Waals surface area (Å²) in [7, 11) is 0. The Labute approximate surface area is 143 Å². The van der Waals surface area contributed by atoms with Gasteiger partial charge in [-0.2, -0.15) is 0 Å². The van der Waals surface area contributed by atoms with E-state index in [0.717, 1.165) is 17.5 Å². The van der Waals surface area contributed by atoms with E-state index in [9.17, 15) is 9.59 Å². The summed E-state index contributed by atoms with van der Waals surface area (Å²) in [5, 5.41) is 5.78. The van der Waals surface area contributed by atoms with E-state index >= 15 is 0 Å². The molecule has 0 heterocycles. The molecule has 4 nitrogen and oxygen atoms in total. The van der Waals surface area contributed by atoms with Crippen LogP contribution in [0.25, 0.3) is 0 Å². The summed E-state index contributed by atoms with van der Waals surface area (Å²) in [6, 6.07) is 14.9. The van der Waals surface area contributed by atoms with E-state index in [1.54, 1.807) is 24.3 Å². The van der Waals surface area contributed by atoms with Crippen molar-refractivity contribution in [1.82, 2.24) is 5.32 Å². The van der Waals surface area contributed by atoms with Gasteiger partial charge >= 0.3 is 0 Å². The van der Waals surface area contributed by atoms with Crippen molar-refractivity contribution >= 4 is 17.5 Å². The van der Waals surface area contributed by atoms with Crippen molar-refractivity contribution in [3.05, 3.63) is 65.2 Å². The Bertz CT molecular complexity index is 725. The van der Waals surface area contributed by atoms with Crippen LogP contribution in [0.15, 0.2) is 48.5 Å². The highest BCUT2D eigenvalue weighted by Crippen LogP contribution is 2.13. The molecule has 0 saturated heterocycles. The third-order valence-corrected chi connectivity index (χ3v) is 4.01. The number of carbonyl (C=O) groups is 2. The summed E-state index contributed by atoms with van der Waals surface area (Å²) in [5.74, 6) is -0.219. The van der Waals surface area contributed by atoms with E-state index < -0.39 is 0 Å². The number of benzene rings is 2. The lowest BCUT2D eigenvalue weighted by molar-refractivity contribution is -0.115. The van der Waals surface area contributed by atoms with Crippen LogP contribution in [0.5, 0.6) is 0 Å². The molecule has 2 aromatic rings. The highest BCUT2D eigenvalue weighted by atomic mass is 16.2. The van der Waals surface area contributed by atoms with Crippen molar-refractivity contribution in [2.45, 2.75) is 39.7 Å². The lowest BCUT2D eigenvalue weighted by atomic mass is 10.1. The molecule has 1 atom stereocenters. The van der Waals surface area contributed by atoms with Gasteiger partial charge in [-0.15, -0.1) is 0 Å². The van der Waals surface area contributed by atoms with Gasteiger partial charge in [-0.25, -0.2) is 0 Å². The summed E-state index contributed by atoms with van der Waals surface area (Å²) in [4.78, 5) is 24.4. The van der Waals surface area contributed by atoms with Crippen LogP contribution in [0.1, 0.15) is 41.8 Å². The number of hydrogen-bond acceptors (Lipinski definition) is 2. The fourth-order valence-electron chi connectivity index (χ4n) is 2.33. The Kier molecular flexibility index (Phi) is 6.13. The summed E-state index contributed by atoms with van der Waals surface area (Å²) in [5.41, 5.74) is 3.27. The molecule has 4 heteroatoms. The molecule has 2 rings (SSSR count). The number of rotatable bonds is 6. The molecule has 0 aliphatic heterocycles. The van der Waals surface area contributed by atoms with Crippen LogP contribution >= 0.6 is 0 Å². The Hall–Kier alpha value is -2.62. The van der Waals surface area contributed by atoms with Crippen LogP contribution in [-0.2, 0) is 11.2 Å². The first-order valence-corrected chi connectivity index (χ1v) is 8.25. The maximum Gasteiger partial charge on any atom is 0.251 e. The number of amides is 2. The Morgan fingerprint density at radius 1 is 1.08 bits per heavy atom. The molecule has 2 aromatic carbocycles. The number of nitrogens with one attached hydrogen (secondary N) is 2. The normalized spacial score (nSPS) is 11.6. The predicted octanol–water partition coefficient (Wildman–Crippen LogP) is 3.70. The zero-order valence-electron chi connectivity index (χ0n) is 14.4. The van der Waals surface area contributed by atoms with E-state index in [1.807, 2.05) is 45.0 Å². The number of anilines is 1. The van der Waals surface area contributed by atoms with E-state index in [4.69, 9.17) is 0 Å². The smallest absolute Gasteiger partial charge is 0.251 e. The largest absolute Gasteiger partial charge is 0.350 e. The first-order valence-electron chi connectivity index (χ1n) is 8.25. The number of aryl methyl sites for hydroxylation is 1. The summed E-state index contributed by atoms with van der Waals surface area (Å²) in [6.07, 6.45) is 1.19. The van der Waals surface area contributed by atoms with Crippen LogP contribution in [0, 0.1) is 6.92 Å². The topological polar surface area (TPSA) is 58.2 Å². The van der Waals surface area contributed by atoms with Gasteiger partial charge in [0.1, 0.15) is 0 Å². The molecule has 0 aromatic heterocycles. The molecular weight excluding hydrogens is 300 g/mol. The van der Waals surface area contributed by atoms with Gasteiger partial charge < -0.3 is 10.6 Å². The van der Waals surface area contributed by atoms with Crippen molar-refractivity contribution in [3.8, 4) is 0 Å². The molecule has 0 radical (unpaired) electrons. The predicted molar refractivity (Wildman–Crippen MR) is 97.2 cm³/mol. The van der Waals surface area contributed by atoms with Crippen LogP contribution in [0.3, 0.4) is 0 Å². The minimum atomic E-state index is -0.126. The second-order valence-electron chi connectivity index (χ2n) is 6.01. The van der Waals surface area contributed by atoms with Crippen LogP contribution in [-0.4, -0.2) is 17.9 Å². The number of hydrogen-bond donors (Lipinski definition) is 2. The second kappa shape index (κ2) is 8.29. The number of carbonyl (C=O) groups excluding carboxylic acids is 2. The van der Waals surface area contributed by atoms with E-state index in [1.165, 1.54) is 0 Å². The standard InChI is InChI=1S/C20H24N2O2/c1-4-15(3)21-20(24)17-10-7-11-18(12-17)22-19(23)13-16-9-6-5-8-14(16)2/h5-12,15H,4,13H2,1-3H3,(H,21,24)(H,22,23). The van der Waals surface area contributed by atoms with Gasteiger partial charge in [0.25, 0.3) is 5.91 Å². The summed E-state index contributed by atoms with van der Waals surface area (Å²) in [6.45, 7) is 5.97. The third kappa shape index (κ3) is 4.95. The quantitative estimate of drug-likeness (QED) is 0.851. The molecule has 24 heavy (non-hydrogen) atoms. The monoisotopic (exact) mass is 324 g/mol. The van der Waals surface area contributed by atoms with Gasteiger partial charge in [0.15, 0.2) is 0 Å². The van der Waals surface area contributed by atoms with Gasteiger partial charge in [-0.05, 0) is 49.6 Å². The van der Waals surface area contributed by atoms with Crippen LogP contribution in [0.4, 0.5) is 5.69 Å². The molecular formula is C20H24N2O2. The zero-order chi connectivity index (χ0) is 17.5. The van der Waals surface area contributed by atoms with Crippen molar-refractivity contribution in [1.29, 1.82) is 0 Å². The first kappa shape index (κ1) is 17.7. The molecule has 0 saturated carbocycles. The van der Waals surface area contributed by atoms with Gasteiger partial charge in [-0.1, -0.05) is 37.3 Å². The van der Waals surface area contributed by atoms with Crippen molar-refractivity contribution in [3.63, 3.8) is 0 Å². The lowest BCUT2D eigenvalue weighted by Crippen LogP contribution is -2.31. The Morgan fingerprint density at radius 2 is 1.83 bits per heavy atom. The molecule has 0 bridgehead atoms. The molecule has 0 spiro atoms. The first-order chi connectivity index (χ1) is 11.5. The second-order valence-corrected chi connectivity index (χ2v) is 6.01. The van der Waals surface area contributed by atoms with Crippen LogP contribution in [0.2, 0.25) is 0 Å². The molecule has 2 N–H and O–H groups in total. The van der Waals surface area contributed by atoms with E-state index in [2.05, 4.69) is 10.6 Å². The SMILES string of the molecule is CCC(C)NC(=O)c1cccc(NC(=O)Cc2ccccc2C)c1. The fourth-order valence-corrected chi connectivity index (χ4v) is 2.33. The van der Waals surface area contributed by atoms with Gasteiger partial charge in [0, 0.05) is 17.3 Å². The average molecular weight is 324 g/mol. The maximum atomic E-state index is 12.2. The molecule has 2 amide bonds. The highest BCUT2D eigenvalue weighted by Gasteiger charge is 2.10. The van der Waals surface area contributed by atoms with Crippen LogP contribution < -0.4 is 10.6 Å². The van der Waals surface area contributed by atoms with Crippen molar-refractivity contribution in [2.24, 2.45) is 0 Å². The lowest BCUT2D eigenvalue weighted by Gasteiger charge is -2.12. The summed E-state index contributed by atoms with van der Waals surface area (Å²) >= 11 is 0. The summed E-state index contributed by atoms with van der Waals surface area (Å²) < 4.78 is 0. The minimum Gasteiger partial charge on any atom is -0.350 e. The fraction of sp³-hybridized carbons (Fsp3) is 0.300. The Balaban J connectivity index is 2.02. The highest BCUT2D eigenvalue weighted by molar-refractivity contribution is 5.97. The van der Waals surface area contributed by atoms with Crippen molar-refractivity contribution in [2.75, 3.05) is 5.32 Å².